The van der Waals surface area contributed by atoms with Gasteiger partial charge >= 0.3 is 11.4 Å². The third-order valence-corrected chi connectivity index (χ3v) is 12.9. The number of carbonyl (C=O) groups excluding carboxylic acids is 1. The summed E-state index contributed by atoms with van der Waals surface area (Å²) >= 11 is 0. The largest absolute Gasteiger partial charge is 0.438 e. The van der Waals surface area contributed by atoms with Crippen molar-refractivity contribution < 1.29 is 19.9 Å². The molecule has 7 heterocycles. The molecular formula is C47H51FN10O5. The van der Waals surface area contributed by atoms with Crippen LogP contribution in [0.3, 0.4) is 0 Å². The Morgan fingerprint density at radius 2 is 1.75 bits per heavy atom. The minimum Gasteiger partial charge on any atom is -0.376 e. The minimum absolute atomic E-state index is 0. The summed E-state index contributed by atoms with van der Waals surface area (Å²) in [6.07, 6.45) is 8.76. The number of aryl methyl sites for hydroxylation is 3. The van der Waals surface area contributed by atoms with Crippen LogP contribution in [0.2, 0.25) is 0 Å². The number of aromatic amines is 2. The number of fused-ring (bicyclic) bond motifs is 3. The second-order valence-corrected chi connectivity index (χ2v) is 18.0. The van der Waals surface area contributed by atoms with E-state index in [0.717, 1.165) is 58.9 Å². The average molecular weight is 855 g/mol. The third kappa shape index (κ3) is 7.41. The highest BCUT2D eigenvalue weighted by molar-refractivity contribution is 5.98. The summed E-state index contributed by atoms with van der Waals surface area (Å²) < 4.78 is 31.8. The van der Waals surface area contributed by atoms with E-state index in [9.17, 15) is 18.8 Å². The predicted octanol–water partition coefficient (Wildman–Crippen LogP) is 7.54. The normalized spacial score (nSPS) is 19.3. The van der Waals surface area contributed by atoms with Crippen molar-refractivity contribution >= 4 is 27.7 Å². The van der Waals surface area contributed by atoms with Crippen molar-refractivity contribution in [1.29, 1.82) is 0 Å². The number of amides is 1. The summed E-state index contributed by atoms with van der Waals surface area (Å²) in [5.41, 5.74) is 7.05. The summed E-state index contributed by atoms with van der Waals surface area (Å²) in [5, 5.41) is 14.8. The van der Waals surface area contributed by atoms with E-state index < -0.39 is 5.76 Å². The first kappa shape index (κ1) is 40.3. The molecule has 1 saturated heterocycles. The monoisotopic (exact) mass is 854 g/mol. The Bertz CT molecular complexity index is 3180. The van der Waals surface area contributed by atoms with Crippen LogP contribution in [0.25, 0.3) is 39.0 Å². The number of rotatable bonds is 6. The first-order chi connectivity index (χ1) is 30.2. The van der Waals surface area contributed by atoms with Crippen LogP contribution in [-0.4, -0.2) is 73.4 Å². The van der Waals surface area contributed by atoms with Gasteiger partial charge in [-0.3, -0.25) is 28.1 Å². The molecule has 0 radical (unpaired) electrons. The summed E-state index contributed by atoms with van der Waals surface area (Å²) in [5.74, 6) is 1.87. The number of imidazole rings is 1. The Balaban J connectivity index is 0.000000414. The summed E-state index contributed by atoms with van der Waals surface area (Å²) in [6, 6.07) is 17.6. The number of ether oxygens (including phenoxy) is 1. The second-order valence-electron chi connectivity index (χ2n) is 18.0. The van der Waals surface area contributed by atoms with Crippen molar-refractivity contribution in [3.63, 3.8) is 0 Å². The zero-order valence-corrected chi connectivity index (χ0v) is 36.1. The number of H-pyrrole nitrogens is 2. The van der Waals surface area contributed by atoms with Gasteiger partial charge in [-0.25, -0.2) is 18.7 Å². The maximum Gasteiger partial charge on any atom is 0.438 e. The fourth-order valence-electron chi connectivity index (χ4n) is 9.35. The number of hydrogen-bond acceptors (Lipinski definition) is 8. The molecule has 63 heavy (non-hydrogen) atoms. The van der Waals surface area contributed by atoms with Gasteiger partial charge in [0, 0.05) is 68.2 Å². The molecule has 2 aliphatic heterocycles. The van der Waals surface area contributed by atoms with Gasteiger partial charge in [0.05, 0.1) is 40.9 Å². The smallest absolute Gasteiger partial charge is 0.376 e. The van der Waals surface area contributed by atoms with Gasteiger partial charge in [0.1, 0.15) is 17.3 Å². The summed E-state index contributed by atoms with van der Waals surface area (Å²) in [4.78, 5) is 46.6. The molecule has 0 spiro atoms. The lowest BCUT2D eigenvalue weighted by Gasteiger charge is -2.35. The number of aromatic nitrogens is 9. The highest BCUT2D eigenvalue weighted by atomic mass is 19.1. The van der Waals surface area contributed by atoms with Crippen LogP contribution in [0.4, 0.5) is 4.39 Å². The lowest BCUT2D eigenvalue weighted by Crippen LogP contribution is -2.36. The highest BCUT2D eigenvalue weighted by Gasteiger charge is 2.37. The van der Waals surface area contributed by atoms with Gasteiger partial charge in [-0.1, -0.05) is 18.1 Å². The molecule has 8 aromatic rings. The maximum atomic E-state index is 14.8. The number of halogens is 1. The van der Waals surface area contributed by atoms with Crippen molar-refractivity contribution in [3.05, 3.63) is 140 Å². The molecule has 3 atom stereocenters. The standard InChI is InChI=1S/C41H41FN8O3.C6H8N2O2.H2/c1-24-16-31(17-25(2)37(24)42)50-38(49-14-13-48(40(49)52)30-7-9-36-29(19-30)22-43-46(36)5)32-23-47(12-10-34(32)45-50)39(51)35-20-28-18-26(6-8-33(28)44-35)27-11-15-53-41(3,4)21-27;1-3-2-4(3)5-7-6(9)10-8-5;/h6-9,13-14,16-20,22,27,44H,10-12,15,21,23H2,1-5H3;3-4H,2H2,1H3,(H,7,8,9);1H/t;3-,4+;/m.0./s1. The summed E-state index contributed by atoms with van der Waals surface area (Å²) in [6.45, 7) is 11.3. The molecule has 1 amide bonds. The van der Waals surface area contributed by atoms with Crippen LogP contribution < -0.4 is 11.4 Å². The van der Waals surface area contributed by atoms with E-state index in [1.54, 1.807) is 63.1 Å². The SMILES string of the molecule is C[C@H]1C[C@H]1c1noc(=O)[nH]1.Cc1cc(-n2nc3c(c2-n2ccn(-c4ccc5c(cnn5C)c4)c2=O)CN(C(=O)c2cc4cc(C5CCOC(C)(C)C5)ccc4[nH]2)CC3)cc(C)c1F.[HH]. The zero-order valence-electron chi connectivity index (χ0n) is 36.1. The molecule has 15 nitrogen and oxygen atoms in total. The molecule has 3 aromatic carbocycles. The minimum atomic E-state index is -0.450. The number of benzene rings is 3. The maximum absolute atomic E-state index is 14.8. The van der Waals surface area contributed by atoms with Gasteiger partial charge in [-0.05, 0) is 124 Å². The third-order valence-electron chi connectivity index (χ3n) is 12.9. The molecule has 5 aromatic heterocycles. The molecule has 2 N–H and O–H groups in total. The van der Waals surface area contributed by atoms with Crippen LogP contribution in [0, 0.1) is 25.6 Å². The molecule has 0 bridgehead atoms. The summed E-state index contributed by atoms with van der Waals surface area (Å²) in [7, 11) is 1.88. The number of nitrogens with one attached hydrogen (secondary N) is 2. The quantitative estimate of drug-likeness (QED) is 0.173. The van der Waals surface area contributed by atoms with E-state index in [2.05, 4.69) is 63.7 Å². The van der Waals surface area contributed by atoms with E-state index in [1.165, 1.54) is 5.56 Å². The van der Waals surface area contributed by atoms with Crippen LogP contribution >= 0.6 is 0 Å². The van der Waals surface area contributed by atoms with E-state index in [0.29, 0.717) is 70.6 Å². The molecular weight excluding hydrogens is 804 g/mol. The van der Waals surface area contributed by atoms with Crippen LogP contribution in [0.5, 0.6) is 0 Å². The Hall–Kier alpha value is -6.81. The first-order valence-electron chi connectivity index (χ1n) is 21.4. The second kappa shape index (κ2) is 15.2. The van der Waals surface area contributed by atoms with Crippen molar-refractivity contribution in [2.24, 2.45) is 13.0 Å². The predicted molar refractivity (Wildman–Crippen MR) is 237 cm³/mol. The van der Waals surface area contributed by atoms with E-state index in [-0.39, 0.29) is 31.0 Å². The van der Waals surface area contributed by atoms with Gasteiger partial charge < -0.3 is 14.6 Å². The average Bonchev–Trinajstić information content (AvgIpc) is 3.83. The molecule has 326 valence electrons. The van der Waals surface area contributed by atoms with E-state index >= 15 is 0 Å². The van der Waals surface area contributed by atoms with Gasteiger partial charge in [0.2, 0.25) is 0 Å². The Morgan fingerprint density at radius 1 is 0.968 bits per heavy atom. The van der Waals surface area contributed by atoms with Gasteiger partial charge in [-0.2, -0.15) is 10.2 Å². The fraction of sp³-hybridized carbons (Fsp3) is 0.362. The van der Waals surface area contributed by atoms with Crippen molar-refractivity contribution in [2.45, 2.75) is 84.3 Å². The van der Waals surface area contributed by atoms with E-state index in [4.69, 9.17) is 9.84 Å². The molecule has 1 unspecified atom stereocenters. The van der Waals surface area contributed by atoms with Crippen LogP contribution in [0.1, 0.15) is 97.6 Å². The lowest BCUT2D eigenvalue weighted by molar-refractivity contribution is -0.0592. The van der Waals surface area contributed by atoms with Gasteiger partial charge in [0.25, 0.3) is 5.91 Å². The number of nitrogens with zero attached hydrogens (tertiary/aromatic N) is 8. The highest BCUT2D eigenvalue weighted by Crippen LogP contribution is 2.45. The van der Waals surface area contributed by atoms with Crippen molar-refractivity contribution in [1.82, 2.24) is 48.7 Å². The molecule has 16 heteroatoms. The number of hydrogen-bond donors (Lipinski definition) is 2. The van der Waals surface area contributed by atoms with Crippen molar-refractivity contribution in [3.8, 4) is 17.2 Å². The van der Waals surface area contributed by atoms with Gasteiger partial charge in [-0.15, -0.1) is 0 Å². The number of carbonyl (C=O) groups is 1. The Morgan fingerprint density at radius 3 is 2.48 bits per heavy atom. The van der Waals surface area contributed by atoms with E-state index in [1.807, 2.05) is 36.2 Å². The molecule has 2 fully saturated rings. The Kier molecular flexibility index (Phi) is 9.73. The molecule has 1 aliphatic carbocycles. The topological polar surface area (TPSA) is 167 Å². The van der Waals surface area contributed by atoms with Gasteiger partial charge in [0.15, 0.2) is 5.82 Å². The molecule has 1 saturated carbocycles. The zero-order chi connectivity index (χ0) is 43.9. The van der Waals surface area contributed by atoms with Crippen molar-refractivity contribution in [2.75, 3.05) is 13.2 Å². The molecule has 11 rings (SSSR count). The Labute approximate surface area is 362 Å². The fourth-order valence-corrected chi connectivity index (χ4v) is 9.35. The van der Waals surface area contributed by atoms with Crippen LogP contribution in [-0.2, 0) is 24.8 Å². The first-order valence-corrected chi connectivity index (χ1v) is 21.4. The van der Waals surface area contributed by atoms with Crippen LogP contribution in [0.15, 0.2) is 87.3 Å². The lowest BCUT2D eigenvalue weighted by atomic mass is 9.83. The molecule has 3 aliphatic rings.